The Kier molecular flexibility index (Phi) is 4.20. The predicted molar refractivity (Wildman–Crippen MR) is 105 cm³/mol. The van der Waals surface area contributed by atoms with Crippen LogP contribution >= 0.6 is 0 Å². The first-order chi connectivity index (χ1) is 13.1. The molecule has 3 aromatic carbocycles. The molecule has 1 aliphatic heterocycles. The third kappa shape index (κ3) is 3.08. The maximum absolute atomic E-state index is 9.80. The molecule has 1 unspecified atom stereocenters. The molecule has 1 aliphatic rings. The third-order valence-electron chi connectivity index (χ3n) is 4.82. The lowest BCUT2D eigenvalue weighted by atomic mass is 9.83. The highest BCUT2D eigenvalue weighted by molar-refractivity contribution is 5.76. The second kappa shape index (κ2) is 6.68. The lowest BCUT2D eigenvalue weighted by Crippen LogP contribution is -2.27. The second-order valence-corrected chi connectivity index (χ2v) is 6.46. The topological polar surface area (TPSA) is 77.1 Å². The van der Waals surface area contributed by atoms with E-state index in [2.05, 4.69) is 11.1 Å². The van der Waals surface area contributed by atoms with Crippen LogP contribution in [0.15, 0.2) is 77.8 Å². The van der Waals surface area contributed by atoms with E-state index >= 15 is 0 Å². The van der Waals surface area contributed by atoms with Gasteiger partial charge >= 0.3 is 0 Å². The summed E-state index contributed by atoms with van der Waals surface area (Å²) in [6.45, 7) is 0.328. The molecule has 136 valence electrons. The molecular weight excluding hydrogens is 340 g/mol. The molecule has 5 heteroatoms. The van der Waals surface area contributed by atoms with Crippen LogP contribution in [0.3, 0.4) is 0 Å². The van der Waals surface area contributed by atoms with Crippen molar-refractivity contribution in [1.82, 2.24) is 0 Å². The molecule has 1 heterocycles. The third-order valence-corrected chi connectivity index (χ3v) is 4.82. The van der Waals surface area contributed by atoms with E-state index in [1.165, 1.54) is 0 Å². The van der Waals surface area contributed by atoms with Gasteiger partial charge in [0.15, 0.2) is 5.54 Å². The minimum absolute atomic E-state index is 0.175. The second-order valence-electron chi connectivity index (χ2n) is 6.46. The van der Waals surface area contributed by atoms with Crippen molar-refractivity contribution in [2.45, 2.75) is 5.54 Å². The van der Waals surface area contributed by atoms with Gasteiger partial charge in [0.05, 0.1) is 7.11 Å². The van der Waals surface area contributed by atoms with Gasteiger partial charge in [-0.2, -0.15) is 0 Å². The van der Waals surface area contributed by atoms with Crippen molar-refractivity contribution in [2.24, 2.45) is 10.7 Å². The number of rotatable bonds is 4. The fourth-order valence-electron chi connectivity index (χ4n) is 3.40. The van der Waals surface area contributed by atoms with E-state index in [1.54, 1.807) is 19.2 Å². The number of hydrogen-bond donors (Lipinski definition) is 2. The molecule has 0 fully saturated rings. The van der Waals surface area contributed by atoms with E-state index < -0.39 is 5.54 Å². The molecule has 3 aromatic rings. The van der Waals surface area contributed by atoms with E-state index in [-0.39, 0.29) is 11.8 Å². The number of benzene rings is 3. The molecule has 0 radical (unpaired) electrons. The molecule has 0 aromatic heterocycles. The number of nitrogens with zero attached hydrogens (tertiary/aromatic N) is 1. The molecule has 0 amide bonds. The van der Waals surface area contributed by atoms with Crippen LogP contribution in [0, 0.1) is 0 Å². The number of phenolic OH excluding ortho intramolecular Hbond substituents is 1. The van der Waals surface area contributed by atoms with E-state index in [1.807, 2.05) is 54.6 Å². The summed E-state index contributed by atoms with van der Waals surface area (Å²) in [4.78, 5) is 4.65. The van der Waals surface area contributed by atoms with Gasteiger partial charge in [0.2, 0.25) is 0 Å². The summed E-state index contributed by atoms with van der Waals surface area (Å²) in [6, 6.07) is 23.2. The van der Waals surface area contributed by atoms with Crippen LogP contribution in [0.25, 0.3) is 11.1 Å². The SMILES string of the molecule is COc1ccc(C2(c3cccc(-c4cccc(O)c4)c3)COC(N)=N2)cc1. The van der Waals surface area contributed by atoms with Gasteiger partial charge in [-0.1, -0.05) is 42.5 Å². The number of amidine groups is 1. The summed E-state index contributed by atoms with van der Waals surface area (Å²) in [6.07, 6.45) is 0. The van der Waals surface area contributed by atoms with Crippen molar-refractivity contribution in [3.05, 3.63) is 83.9 Å². The molecule has 5 nitrogen and oxygen atoms in total. The summed E-state index contributed by atoms with van der Waals surface area (Å²) in [5.74, 6) is 1.01. The average Bonchev–Trinajstić information content (AvgIpc) is 3.11. The fraction of sp³-hybridized carbons (Fsp3) is 0.136. The zero-order valence-electron chi connectivity index (χ0n) is 14.9. The summed E-state index contributed by atoms with van der Waals surface area (Å²) < 4.78 is 10.8. The van der Waals surface area contributed by atoms with E-state index in [9.17, 15) is 5.11 Å². The number of nitrogens with two attached hydrogens (primary N) is 1. The first-order valence-electron chi connectivity index (χ1n) is 8.63. The predicted octanol–water partition coefficient (Wildman–Crippen LogP) is 3.66. The number of ether oxygens (including phenoxy) is 2. The van der Waals surface area contributed by atoms with E-state index in [4.69, 9.17) is 15.2 Å². The summed E-state index contributed by atoms with van der Waals surface area (Å²) >= 11 is 0. The van der Waals surface area contributed by atoms with Crippen LogP contribution in [-0.4, -0.2) is 24.8 Å². The van der Waals surface area contributed by atoms with Gasteiger partial charge in [0.1, 0.15) is 18.1 Å². The smallest absolute Gasteiger partial charge is 0.283 e. The molecule has 3 N–H and O–H groups in total. The maximum atomic E-state index is 9.80. The fourth-order valence-corrected chi connectivity index (χ4v) is 3.40. The molecule has 0 saturated carbocycles. The van der Waals surface area contributed by atoms with Crippen molar-refractivity contribution in [3.8, 4) is 22.6 Å². The van der Waals surface area contributed by atoms with Gasteiger partial charge in [-0.25, -0.2) is 4.99 Å². The average molecular weight is 360 g/mol. The lowest BCUT2D eigenvalue weighted by molar-refractivity contribution is 0.278. The largest absolute Gasteiger partial charge is 0.508 e. The Labute approximate surface area is 157 Å². The lowest BCUT2D eigenvalue weighted by Gasteiger charge is -2.26. The van der Waals surface area contributed by atoms with Crippen LogP contribution in [-0.2, 0) is 10.3 Å². The highest BCUT2D eigenvalue weighted by Crippen LogP contribution is 2.39. The molecule has 0 saturated heterocycles. The molecule has 0 bridgehead atoms. The van der Waals surface area contributed by atoms with E-state index in [0.717, 1.165) is 28.0 Å². The number of methoxy groups -OCH3 is 1. The molecule has 0 spiro atoms. The normalized spacial score (nSPS) is 18.6. The van der Waals surface area contributed by atoms with Gasteiger partial charge in [0.25, 0.3) is 6.02 Å². The molecule has 1 atom stereocenters. The maximum Gasteiger partial charge on any atom is 0.283 e. The Bertz CT molecular complexity index is 998. The van der Waals surface area contributed by atoms with Crippen molar-refractivity contribution in [2.75, 3.05) is 13.7 Å². The number of hydrogen-bond acceptors (Lipinski definition) is 5. The van der Waals surface area contributed by atoms with Crippen LogP contribution in [0.4, 0.5) is 0 Å². The van der Waals surface area contributed by atoms with Gasteiger partial charge in [-0.15, -0.1) is 0 Å². The van der Waals surface area contributed by atoms with Crippen molar-refractivity contribution < 1.29 is 14.6 Å². The quantitative estimate of drug-likeness (QED) is 0.744. The summed E-state index contributed by atoms with van der Waals surface area (Å²) in [5, 5.41) is 9.80. The Balaban J connectivity index is 1.83. The zero-order valence-corrected chi connectivity index (χ0v) is 14.9. The van der Waals surface area contributed by atoms with Gasteiger partial charge in [-0.3, -0.25) is 0 Å². The van der Waals surface area contributed by atoms with Crippen molar-refractivity contribution >= 4 is 6.02 Å². The highest BCUT2D eigenvalue weighted by atomic mass is 16.5. The van der Waals surface area contributed by atoms with Crippen LogP contribution in [0.2, 0.25) is 0 Å². The highest BCUT2D eigenvalue weighted by Gasteiger charge is 2.40. The minimum atomic E-state index is -0.719. The Morgan fingerprint density at radius 1 is 0.963 bits per heavy atom. The standard InChI is InChI=1S/C22H20N2O3/c1-26-20-10-8-17(9-11-20)22(14-27-21(23)24-22)18-6-2-4-15(12-18)16-5-3-7-19(25)13-16/h2-13,25H,14H2,1H3,(H2,23,24). The first kappa shape index (κ1) is 17.0. The minimum Gasteiger partial charge on any atom is -0.508 e. The number of phenols is 1. The monoisotopic (exact) mass is 360 g/mol. The van der Waals surface area contributed by atoms with Gasteiger partial charge in [0, 0.05) is 0 Å². The molecular formula is C22H20N2O3. The zero-order chi connectivity index (χ0) is 18.9. The Morgan fingerprint density at radius 3 is 2.30 bits per heavy atom. The summed E-state index contributed by atoms with van der Waals surface area (Å²) in [7, 11) is 1.64. The van der Waals surface area contributed by atoms with Crippen molar-refractivity contribution in [3.63, 3.8) is 0 Å². The Hall–Kier alpha value is -3.47. The van der Waals surface area contributed by atoms with Crippen LogP contribution in [0.1, 0.15) is 11.1 Å². The summed E-state index contributed by atoms with van der Waals surface area (Å²) in [5.41, 5.74) is 9.01. The molecule has 4 rings (SSSR count). The van der Waals surface area contributed by atoms with Crippen molar-refractivity contribution in [1.29, 1.82) is 0 Å². The van der Waals surface area contributed by atoms with Gasteiger partial charge < -0.3 is 20.3 Å². The van der Waals surface area contributed by atoms with Gasteiger partial charge in [-0.05, 0) is 52.6 Å². The first-order valence-corrected chi connectivity index (χ1v) is 8.63. The number of aromatic hydroxyl groups is 1. The van der Waals surface area contributed by atoms with Crippen LogP contribution < -0.4 is 10.5 Å². The Morgan fingerprint density at radius 2 is 1.67 bits per heavy atom. The molecule has 27 heavy (non-hydrogen) atoms. The van der Waals surface area contributed by atoms with E-state index in [0.29, 0.717) is 6.61 Å². The molecule has 0 aliphatic carbocycles. The van der Waals surface area contributed by atoms with Crippen LogP contribution in [0.5, 0.6) is 11.5 Å². The number of aliphatic imine (C=N–C) groups is 1.